The van der Waals surface area contributed by atoms with E-state index in [4.69, 9.17) is 21.1 Å². The first-order valence-electron chi connectivity index (χ1n) is 8.12. The molecule has 1 N–H and O–H groups in total. The molecular formula is C17H25ClN2O3. The number of hydrogen-bond donors (Lipinski definition) is 1. The first-order chi connectivity index (χ1) is 11.2. The van der Waals surface area contributed by atoms with Gasteiger partial charge in [0.25, 0.3) is 0 Å². The molecule has 2 rings (SSSR count). The number of benzene rings is 1. The molecule has 128 valence electrons. The zero-order chi connectivity index (χ0) is 16.5. The van der Waals surface area contributed by atoms with E-state index in [9.17, 15) is 4.79 Å². The van der Waals surface area contributed by atoms with E-state index in [2.05, 4.69) is 10.2 Å². The van der Waals surface area contributed by atoms with Gasteiger partial charge in [0, 0.05) is 37.7 Å². The maximum atomic E-state index is 11.9. The predicted octanol–water partition coefficient (Wildman–Crippen LogP) is 2.26. The molecule has 0 saturated carbocycles. The van der Waals surface area contributed by atoms with Crippen molar-refractivity contribution in [3.8, 4) is 0 Å². The molecule has 5 nitrogen and oxygen atoms in total. The number of hydrogen-bond acceptors (Lipinski definition) is 4. The number of rotatable bonds is 8. The Labute approximate surface area is 142 Å². The quantitative estimate of drug-likeness (QED) is 0.737. The predicted molar refractivity (Wildman–Crippen MR) is 90.7 cm³/mol. The Morgan fingerprint density at radius 3 is 2.70 bits per heavy atom. The summed E-state index contributed by atoms with van der Waals surface area (Å²) >= 11 is 5.98. The second-order valence-corrected chi connectivity index (χ2v) is 5.90. The molecule has 0 aromatic heterocycles. The fourth-order valence-corrected chi connectivity index (χ4v) is 2.77. The average molecular weight is 341 g/mol. The maximum Gasteiger partial charge on any atom is 0.222 e. The van der Waals surface area contributed by atoms with Crippen LogP contribution >= 0.6 is 11.6 Å². The molecule has 23 heavy (non-hydrogen) atoms. The second-order valence-electron chi connectivity index (χ2n) is 5.47. The van der Waals surface area contributed by atoms with Gasteiger partial charge in [0.2, 0.25) is 5.91 Å². The molecule has 0 spiro atoms. The smallest absolute Gasteiger partial charge is 0.222 e. The minimum absolute atomic E-state index is 0.0191. The lowest BCUT2D eigenvalue weighted by atomic mass is 10.0. The highest BCUT2D eigenvalue weighted by Gasteiger charge is 2.23. The Morgan fingerprint density at radius 2 is 2.04 bits per heavy atom. The van der Waals surface area contributed by atoms with E-state index < -0.39 is 0 Å². The fourth-order valence-electron chi connectivity index (χ4n) is 2.64. The Morgan fingerprint density at radius 1 is 1.35 bits per heavy atom. The Hall–Kier alpha value is -1.14. The van der Waals surface area contributed by atoms with E-state index in [1.54, 1.807) is 0 Å². The lowest BCUT2D eigenvalue weighted by Gasteiger charge is -2.35. The molecular weight excluding hydrogens is 316 g/mol. The summed E-state index contributed by atoms with van der Waals surface area (Å²) < 4.78 is 10.7. The van der Waals surface area contributed by atoms with Crippen LogP contribution < -0.4 is 5.32 Å². The summed E-state index contributed by atoms with van der Waals surface area (Å²) in [4.78, 5) is 14.3. The molecule has 6 heteroatoms. The van der Waals surface area contributed by atoms with Gasteiger partial charge in [-0.05, 0) is 24.6 Å². The van der Waals surface area contributed by atoms with E-state index in [-0.39, 0.29) is 11.9 Å². The van der Waals surface area contributed by atoms with Gasteiger partial charge in [-0.15, -0.1) is 0 Å². The third kappa shape index (κ3) is 6.11. The van der Waals surface area contributed by atoms with Gasteiger partial charge in [0.1, 0.15) is 0 Å². The van der Waals surface area contributed by atoms with Crippen molar-refractivity contribution in [1.82, 2.24) is 10.2 Å². The molecule has 1 saturated heterocycles. The second kappa shape index (κ2) is 9.88. The summed E-state index contributed by atoms with van der Waals surface area (Å²) in [5.41, 5.74) is 1.15. The normalized spacial score (nSPS) is 17.0. The van der Waals surface area contributed by atoms with Gasteiger partial charge in [0.05, 0.1) is 25.9 Å². The van der Waals surface area contributed by atoms with Crippen molar-refractivity contribution >= 4 is 17.5 Å². The van der Waals surface area contributed by atoms with Crippen LogP contribution in [0.5, 0.6) is 0 Å². The number of nitrogens with zero attached hydrogens (tertiary/aromatic N) is 1. The summed E-state index contributed by atoms with van der Waals surface area (Å²) in [6.07, 6.45) is 0.393. The third-order valence-electron chi connectivity index (χ3n) is 3.91. The van der Waals surface area contributed by atoms with E-state index in [0.29, 0.717) is 26.2 Å². The number of ether oxygens (including phenoxy) is 2. The van der Waals surface area contributed by atoms with Crippen LogP contribution in [0.15, 0.2) is 24.3 Å². The molecule has 0 radical (unpaired) electrons. The highest BCUT2D eigenvalue weighted by molar-refractivity contribution is 6.30. The first kappa shape index (κ1) is 18.2. The summed E-state index contributed by atoms with van der Waals surface area (Å²) in [5.74, 6) is 0.0191. The maximum absolute atomic E-state index is 11.9. The highest BCUT2D eigenvalue weighted by atomic mass is 35.5. The van der Waals surface area contributed by atoms with Gasteiger partial charge in [-0.25, -0.2) is 0 Å². The number of halogens is 1. The molecule has 1 aromatic rings. The third-order valence-corrected chi connectivity index (χ3v) is 4.16. The standard InChI is InChI=1S/C17H25ClN2O3/c1-2-22-10-7-17(21)19-13-16(20-8-11-23-12-9-20)14-3-5-15(18)6-4-14/h3-6,16H,2,7-13H2,1H3,(H,19,21). The number of carbonyl (C=O) groups is 1. The summed E-state index contributed by atoms with van der Waals surface area (Å²) in [7, 11) is 0. The van der Waals surface area contributed by atoms with Crippen molar-refractivity contribution < 1.29 is 14.3 Å². The van der Waals surface area contributed by atoms with Crippen LogP contribution in [0.3, 0.4) is 0 Å². The number of amides is 1. The van der Waals surface area contributed by atoms with Crippen molar-refractivity contribution in [3.63, 3.8) is 0 Å². The lowest BCUT2D eigenvalue weighted by Crippen LogP contribution is -2.43. The van der Waals surface area contributed by atoms with E-state index >= 15 is 0 Å². The molecule has 1 aromatic carbocycles. The van der Waals surface area contributed by atoms with Gasteiger partial charge in [0.15, 0.2) is 0 Å². The van der Waals surface area contributed by atoms with Gasteiger partial charge in [-0.2, -0.15) is 0 Å². The molecule has 1 fully saturated rings. The number of morpholine rings is 1. The van der Waals surface area contributed by atoms with Gasteiger partial charge in [-0.3, -0.25) is 9.69 Å². The van der Waals surface area contributed by atoms with Crippen molar-refractivity contribution in [2.45, 2.75) is 19.4 Å². The Balaban J connectivity index is 1.95. The molecule has 0 aliphatic carbocycles. The fraction of sp³-hybridized carbons (Fsp3) is 0.588. The minimum Gasteiger partial charge on any atom is -0.381 e. The molecule has 1 amide bonds. The zero-order valence-electron chi connectivity index (χ0n) is 13.6. The van der Waals surface area contributed by atoms with Crippen LogP contribution in [-0.4, -0.2) is 56.9 Å². The lowest BCUT2D eigenvalue weighted by molar-refractivity contribution is -0.122. The first-order valence-corrected chi connectivity index (χ1v) is 8.50. The number of carbonyl (C=O) groups excluding carboxylic acids is 1. The molecule has 1 aliphatic heterocycles. The van der Waals surface area contributed by atoms with Crippen LogP contribution in [0, 0.1) is 0 Å². The number of nitrogens with one attached hydrogen (secondary N) is 1. The zero-order valence-corrected chi connectivity index (χ0v) is 14.3. The van der Waals surface area contributed by atoms with Crippen LogP contribution in [-0.2, 0) is 14.3 Å². The Kier molecular flexibility index (Phi) is 7.82. The average Bonchev–Trinajstić information content (AvgIpc) is 2.58. The highest BCUT2D eigenvalue weighted by Crippen LogP contribution is 2.23. The molecule has 1 aliphatic rings. The summed E-state index contributed by atoms with van der Waals surface area (Å²) in [6, 6.07) is 7.96. The van der Waals surface area contributed by atoms with E-state index in [0.717, 1.165) is 36.9 Å². The van der Waals surface area contributed by atoms with Crippen molar-refractivity contribution in [1.29, 1.82) is 0 Å². The van der Waals surface area contributed by atoms with E-state index in [1.807, 2.05) is 31.2 Å². The van der Waals surface area contributed by atoms with Crippen LogP contribution in [0.25, 0.3) is 0 Å². The van der Waals surface area contributed by atoms with Crippen molar-refractivity contribution in [3.05, 3.63) is 34.9 Å². The summed E-state index contributed by atoms with van der Waals surface area (Å²) in [6.45, 7) is 6.77. The molecule has 1 heterocycles. The summed E-state index contributed by atoms with van der Waals surface area (Å²) in [5, 5.41) is 3.74. The van der Waals surface area contributed by atoms with Gasteiger partial charge < -0.3 is 14.8 Å². The van der Waals surface area contributed by atoms with Crippen molar-refractivity contribution in [2.24, 2.45) is 0 Å². The monoisotopic (exact) mass is 340 g/mol. The van der Waals surface area contributed by atoms with Crippen LogP contribution in [0.4, 0.5) is 0 Å². The van der Waals surface area contributed by atoms with Crippen molar-refractivity contribution in [2.75, 3.05) is 46.1 Å². The van der Waals surface area contributed by atoms with Gasteiger partial charge in [-0.1, -0.05) is 23.7 Å². The molecule has 1 unspecified atom stereocenters. The van der Waals surface area contributed by atoms with Gasteiger partial charge >= 0.3 is 0 Å². The van der Waals surface area contributed by atoms with Crippen LogP contribution in [0.1, 0.15) is 24.9 Å². The SMILES string of the molecule is CCOCCC(=O)NCC(c1ccc(Cl)cc1)N1CCOCC1. The van der Waals surface area contributed by atoms with Crippen LogP contribution in [0.2, 0.25) is 5.02 Å². The Bertz CT molecular complexity index is 475. The van der Waals surface area contributed by atoms with E-state index in [1.165, 1.54) is 0 Å². The largest absolute Gasteiger partial charge is 0.381 e. The molecule has 1 atom stereocenters. The minimum atomic E-state index is 0.0191. The molecule has 0 bridgehead atoms. The topological polar surface area (TPSA) is 50.8 Å².